The van der Waals surface area contributed by atoms with Crippen LogP contribution in [0.15, 0.2) is 12.4 Å². The van der Waals surface area contributed by atoms with E-state index in [1.54, 1.807) is 7.05 Å². The lowest BCUT2D eigenvalue weighted by atomic mass is 10.3. The first kappa shape index (κ1) is 11.9. The molecule has 0 radical (unpaired) electrons. The lowest BCUT2D eigenvalue weighted by Gasteiger charge is -2.18. The molecule has 1 rings (SSSR count). The molecule has 7 nitrogen and oxygen atoms in total. The van der Waals surface area contributed by atoms with Crippen molar-refractivity contribution in [3.05, 3.63) is 18.1 Å². The molecular weight excluding hydrogens is 212 g/mol. The number of anilines is 1. The van der Waals surface area contributed by atoms with Crippen molar-refractivity contribution in [2.24, 2.45) is 5.73 Å². The fourth-order valence-electron chi connectivity index (χ4n) is 1.15. The van der Waals surface area contributed by atoms with E-state index in [1.165, 1.54) is 17.3 Å². The number of aromatic nitrogens is 2. The van der Waals surface area contributed by atoms with Crippen molar-refractivity contribution in [1.29, 1.82) is 0 Å². The Balaban J connectivity index is 2.85. The number of nitrogens with two attached hydrogens (primary N) is 1. The maximum Gasteiger partial charge on any atom is 0.305 e. The van der Waals surface area contributed by atoms with E-state index < -0.39 is 11.9 Å². The third kappa shape index (κ3) is 2.91. The monoisotopic (exact) mass is 224 g/mol. The smallest absolute Gasteiger partial charge is 0.305 e. The Bertz CT molecular complexity index is 407. The molecule has 0 saturated heterocycles. The topological polar surface area (TPSA) is 109 Å². The number of aliphatic carboxylic acids is 1. The minimum atomic E-state index is -0.920. The second-order valence-corrected chi connectivity index (χ2v) is 3.16. The largest absolute Gasteiger partial charge is 0.481 e. The summed E-state index contributed by atoms with van der Waals surface area (Å²) >= 11 is 0. The van der Waals surface area contributed by atoms with Crippen molar-refractivity contribution < 1.29 is 14.7 Å². The molecule has 7 heteroatoms. The molecule has 86 valence electrons. The zero-order chi connectivity index (χ0) is 12.1. The van der Waals surface area contributed by atoms with Crippen LogP contribution in [0, 0.1) is 0 Å². The number of carbonyl (C=O) groups excluding carboxylic acids is 1. The van der Waals surface area contributed by atoms with Crippen LogP contribution in [0.4, 0.5) is 5.82 Å². The van der Waals surface area contributed by atoms with Gasteiger partial charge in [-0.15, -0.1) is 0 Å². The summed E-state index contributed by atoms with van der Waals surface area (Å²) < 4.78 is 0. The predicted octanol–water partition coefficient (Wildman–Crippen LogP) is -0.514. The van der Waals surface area contributed by atoms with Crippen molar-refractivity contribution in [2.45, 2.75) is 6.42 Å². The third-order valence-electron chi connectivity index (χ3n) is 1.93. The van der Waals surface area contributed by atoms with Crippen LogP contribution in [0.5, 0.6) is 0 Å². The Labute approximate surface area is 91.9 Å². The summed E-state index contributed by atoms with van der Waals surface area (Å²) in [5.74, 6) is -1.32. The lowest BCUT2D eigenvalue weighted by molar-refractivity contribution is -0.136. The molecule has 1 aromatic rings. The normalized spacial score (nSPS) is 9.81. The van der Waals surface area contributed by atoms with Gasteiger partial charge in [-0.3, -0.25) is 9.59 Å². The second kappa shape index (κ2) is 5.06. The van der Waals surface area contributed by atoms with Crippen LogP contribution in [-0.2, 0) is 4.79 Å². The van der Waals surface area contributed by atoms with Crippen LogP contribution in [0.3, 0.4) is 0 Å². The van der Waals surface area contributed by atoms with Crippen LogP contribution in [0.1, 0.15) is 16.9 Å². The summed E-state index contributed by atoms with van der Waals surface area (Å²) in [6.45, 7) is 0.230. The standard InChI is InChI=1S/C9H12N4O3/c1-13(5-2-6(14)15)9-7(8(10)16)11-3-4-12-9/h3-4H,2,5H2,1H3,(H2,10,16)(H,14,15). The summed E-state index contributed by atoms with van der Waals surface area (Å²) in [6.07, 6.45) is 2.72. The van der Waals surface area contributed by atoms with E-state index in [0.29, 0.717) is 0 Å². The molecule has 3 N–H and O–H groups in total. The van der Waals surface area contributed by atoms with E-state index in [-0.39, 0.29) is 24.5 Å². The molecule has 0 aromatic carbocycles. The van der Waals surface area contributed by atoms with Crippen LogP contribution >= 0.6 is 0 Å². The molecule has 0 saturated carbocycles. The number of rotatable bonds is 5. The Morgan fingerprint density at radius 1 is 1.44 bits per heavy atom. The number of hydrogen-bond acceptors (Lipinski definition) is 5. The fraction of sp³-hybridized carbons (Fsp3) is 0.333. The van der Waals surface area contributed by atoms with E-state index in [1.807, 2.05) is 0 Å². The van der Waals surface area contributed by atoms with Crippen LogP contribution in [0.2, 0.25) is 0 Å². The summed E-state index contributed by atoms with van der Waals surface area (Å²) in [7, 11) is 1.62. The summed E-state index contributed by atoms with van der Waals surface area (Å²) in [5, 5.41) is 8.53. The SMILES string of the molecule is CN(CCC(=O)O)c1nccnc1C(N)=O. The number of nitrogens with zero attached hydrogens (tertiary/aromatic N) is 3. The Morgan fingerprint density at radius 2 is 2.06 bits per heavy atom. The molecule has 1 amide bonds. The second-order valence-electron chi connectivity index (χ2n) is 3.16. The first-order chi connectivity index (χ1) is 7.52. The van der Waals surface area contributed by atoms with Gasteiger partial charge in [0.1, 0.15) is 0 Å². The van der Waals surface area contributed by atoms with Crippen molar-refractivity contribution in [1.82, 2.24) is 9.97 Å². The van der Waals surface area contributed by atoms with Crippen LogP contribution in [0.25, 0.3) is 0 Å². The fourth-order valence-corrected chi connectivity index (χ4v) is 1.15. The van der Waals surface area contributed by atoms with Crippen LogP contribution in [-0.4, -0.2) is 40.5 Å². The van der Waals surface area contributed by atoms with Gasteiger partial charge in [0.25, 0.3) is 5.91 Å². The molecule has 1 aromatic heterocycles. The average molecular weight is 224 g/mol. The van der Waals surface area contributed by atoms with E-state index in [2.05, 4.69) is 9.97 Å². The number of hydrogen-bond donors (Lipinski definition) is 2. The van der Waals surface area contributed by atoms with Gasteiger partial charge in [0.2, 0.25) is 0 Å². The van der Waals surface area contributed by atoms with Crippen LogP contribution < -0.4 is 10.6 Å². The van der Waals surface area contributed by atoms with Crippen molar-refractivity contribution in [2.75, 3.05) is 18.5 Å². The van der Waals surface area contributed by atoms with Gasteiger partial charge in [-0.1, -0.05) is 0 Å². The summed E-state index contributed by atoms with van der Waals surface area (Å²) in [4.78, 5) is 30.7. The third-order valence-corrected chi connectivity index (χ3v) is 1.93. The zero-order valence-electron chi connectivity index (χ0n) is 8.75. The number of primary amides is 1. The minimum Gasteiger partial charge on any atom is -0.481 e. The molecule has 0 atom stereocenters. The molecule has 0 unspecified atom stereocenters. The molecule has 1 heterocycles. The van der Waals surface area contributed by atoms with Gasteiger partial charge in [-0.05, 0) is 0 Å². The summed E-state index contributed by atoms with van der Waals surface area (Å²) in [6, 6.07) is 0. The molecule has 0 bridgehead atoms. The molecule has 0 aliphatic carbocycles. The van der Waals surface area contributed by atoms with Crippen molar-refractivity contribution in [3.8, 4) is 0 Å². The van der Waals surface area contributed by atoms with E-state index >= 15 is 0 Å². The highest BCUT2D eigenvalue weighted by molar-refractivity contribution is 5.95. The van der Waals surface area contributed by atoms with Gasteiger partial charge in [-0.25, -0.2) is 9.97 Å². The van der Waals surface area contributed by atoms with Gasteiger partial charge in [0.05, 0.1) is 6.42 Å². The first-order valence-corrected chi connectivity index (χ1v) is 4.56. The summed E-state index contributed by atoms with van der Waals surface area (Å²) in [5.41, 5.74) is 5.16. The molecule has 0 aliphatic rings. The maximum atomic E-state index is 11.0. The Morgan fingerprint density at radius 3 is 2.62 bits per heavy atom. The van der Waals surface area contributed by atoms with E-state index in [9.17, 15) is 9.59 Å². The van der Waals surface area contributed by atoms with E-state index in [0.717, 1.165) is 0 Å². The molecule has 0 aliphatic heterocycles. The first-order valence-electron chi connectivity index (χ1n) is 4.56. The lowest BCUT2D eigenvalue weighted by Crippen LogP contribution is -2.26. The van der Waals surface area contributed by atoms with Gasteiger partial charge >= 0.3 is 5.97 Å². The number of carboxylic acid groups (broad SMARTS) is 1. The molecule has 16 heavy (non-hydrogen) atoms. The number of carboxylic acids is 1. The number of carbonyl (C=O) groups is 2. The zero-order valence-corrected chi connectivity index (χ0v) is 8.75. The highest BCUT2D eigenvalue weighted by Crippen LogP contribution is 2.12. The van der Waals surface area contributed by atoms with E-state index in [4.69, 9.17) is 10.8 Å². The predicted molar refractivity (Wildman–Crippen MR) is 56.1 cm³/mol. The van der Waals surface area contributed by atoms with Crippen molar-refractivity contribution in [3.63, 3.8) is 0 Å². The maximum absolute atomic E-state index is 11.0. The quantitative estimate of drug-likeness (QED) is 0.696. The molecule has 0 fully saturated rings. The number of amides is 1. The van der Waals surface area contributed by atoms with Gasteiger partial charge in [-0.2, -0.15) is 0 Å². The Kier molecular flexibility index (Phi) is 3.76. The Hall–Kier alpha value is -2.18. The van der Waals surface area contributed by atoms with Gasteiger partial charge in [0, 0.05) is 26.0 Å². The molecule has 0 spiro atoms. The molecular formula is C9H12N4O3. The van der Waals surface area contributed by atoms with Gasteiger partial charge in [0.15, 0.2) is 11.5 Å². The van der Waals surface area contributed by atoms with Gasteiger partial charge < -0.3 is 15.7 Å². The minimum absolute atomic E-state index is 0.0374. The average Bonchev–Trinajstić information content (AvgIpc) is 2.25. The highest BCUT2D eigenvalue weighted by atomic mass is 16.4. The highest BCUT2D eigenvalue weighted by Gasteiger charge is 2.14. The van der Waals surface area contributed by atoms with Crippen molar-refractivity contribution >= 4 is 17.7 Å².